The van der Waals surface area contributed by atoms with Crippen molar-refractivity contribution in [3.8, 4) is 0 Å². The van der Waals surface area contributed by atoms with Gasteiger partial charge in [-0.15, -0.1) is 0 Å². The van der Waals surface area contributed by atoms with E-state index in [4.69, 9.17) is 5.73 Å². The average molecular weight is 369 g/mol. The highest BCUT2D eigenvalue weighted by molar-refractivity contribution is 6.66. The van der Waals surface area contributed by atoms with Crippen LogP contribution >= 0.6 is 0 Å². The number of aryl methyl sites for hydroxylation is 1. The molecule has 3 rings (SSSR count). The number of amides is 2. The zero-order chi connectivity index (χ0) is 21.4. The Balaban J connectivity index is 2.49. The number of hydrogen-bond acceptors (Lipinski definition) is 5. The van der Waals surface area contributed by atoms with Crippen molar-refractivity contribution < 1.29 is 9.59 Å². The number of nitrogens with zero attached hydrogens (tertiary/aromatic N) is 2. The van der Waals surface area contributed by atoms with Crippen LogP contribution in [0.15, 0.2) is 10.9 Å². The summed E-state index contributed by atoms with van der Waals surface area (Å²) in [6, 6.07) is 1.75. The molecule has 7 nitrogen and oxygen atoms in total. The van der Waals surface area contributed by atoms with Crippen LogP contribution in [0.5, 0.6) is 0 Å². The second kappa shape index (κ2) is 5.88. The molecule has 3 N–H and O–H groups in total. The Labute approximate surface area is 169 Å². The van der Waals surface area contributed by atoms with Crippen LogP contribution in [0.1, 0.15) is 5.82 Å². The molecule has 0 aliphatic carbocycles. The third-order valence-corrected chi connectivity index (χ3v) is 7.32. The lowest BCUT2D eigenvalue weighted by molar-refractivity contribution is -0.139. The topological polar surface area (TPSA) is 107 Å². The molecule has 2 aromatic rings. The monoisotopic (exact) mass is 370 g/mol. The highest BCUT2D eigenvalue weighted by Crippen LogP contribution is 2.54. The fourth-order valence-corrected chi connectivity index (χ4v) is 4.22. The van der Waals surface area contributed by atoms with Crippen LogP contribution in [0.25, 0.3) is 10.9 Å². The molecular weight excluding hydrogens is 348 g/mol. The SMILES string of the molecule is Bc1cc(N)c2c(=O)n(C3(B)C(=O)NC(=O)C(B)(B)C3(B)B)c(C)nc2c1B. The summed E-state index contributed by atoms with van der Waals surface area (Å²) in [5.74, 6) is -0.470. The van der Waals surface area contributed by atoms with Crippen LogP contribution in [0.3, 0.4) is 0 Å². The summed E-state index contributed by atoms with van der Waals surface area (Å²) in [4.78, 5) is 44.0. The van der Waals surface area contributed by atoms with Gasteiger partial charge in [-0.3, -0.25) is 24.3 Å². The van der Waals surface area contributed by atoms with Crippen molar-refractivity contribution in [3.63, 3.8) is 0 Å². The lowest BCUT2D eigenvalue weighted by atomic mass is 9.21. The maximum absolute atomic E-state index is 13.6. The lowest BCUT2D eigenvalue weighted by Gasteiger charge is -2.56. The number of imide groups is 1. The summed E-state index contributed by atoms with van der Waals surface area (Å²) in [5.41, 5.74) is 7.18. The Morgan fingerprint density at radius 1 is 1.07 bits per heavy atom. The molecule has 0 radical (unpaired) electrons. The number of fused-ring (bicyclic) bond motifs is 1. The fourth-order valence-electron chi connectivity index (χ4n) is 4.22. The van der Waals surface area contributed by atoms with Crippen molar-refractivity contribution in [2.75, 3.05) is 5.73 Å². The molecule has 1 atom stereocenters. The van der Waals surface area contributed by atoms with Gasteiger partial charge >= 0.3 is 0 Å². The van der Waals surface area contributed by atoms with Gasteiger partial charge in [-0.2, -0.15) is 0 Å². The minimum Gasteiger partial charge on any atom is -0.398 e. The molecular formula is C14H21B7N4O3. The van der Waals surface area contributed by atoms with E-state index in [1.165, 1.54) is 4.57 Å². The normalized spacial score (nSPS) is 23.5. The molecule has 14 heteroatoms. The van der Waals surface area contributed by atoms with Gasteiger partial charge in [-0.1, -0.05) is 16.1 Å². The number of nitrogens with one attached hydrogen (secondary N) is 1. The zero-order valence-corrected chi connectivity index (χ0v) is 17.8. The molecule has 2 amide bonds. The van der Waals surface area contributed by atoms with E-state index in [2.05, 4.69) is 10.3 Å². The van der Waals surface area contributed by atoms with E-state index in [9.17, 15) is 14.4 Å². The molecule has 1 saturated heterocycles. The van der Waals surface area contributed by atoms with Crippen molar-refractivity contribution in [2.24, 2.45) is 0 Å². The van der Waals surface area contributed by atoms with Gasteiger partial charge in [-0.25, -0.2) is 4.98 Å². The zero-order valence-electron chi connectivity index (χ0n) is 17.8. The Kier molecular flexibility index (Phi) is 4.30. The van der Waals surface area contributed by atoms with Crippen LogP contribution in [0.4, 0.5) is 5.69 Å². The number of carbonyl (C=O) groups is 2. The Hall–Kier alpha value is -2.25. The molecule has 0 bridgehead atoms. The van der Waals surface area contributed by atoms with Crippen LogP contribution in [-0.4, -0.2) is 76.3 Å². The smallest absolute Gasteiger partial charge is 0.263 e. The first kappa shape index (κ1) is 20.5. The molecule has 1 aromatic carbocycles. The van der Waals surface area contributed by atoms with E-state index in [0.717, 1.165) is 10.9 Å². The Morgan fingerprint density at radius 2 is 1.64 bits per heavy atom. The number of nitrogens with two attached hydrogens (primary N) is 1. The number of nitrogen functional groups attached to an aromatic ring is 1. The van der Waals surface area contributed by atoms with Crippen molar-refractivity contribution in [3.05, 3.63) is 22.2 Å². The van der Waals surface area contributed by atoms with E-state index in [1.54, 1.807) is 36.5 Å². The average Bonchev–Trinajstić information content (AvgIpc) is 2.57. The Morgan fingerprint density at radius 3 is 2.21 bits per heavy atom. The third-order valence-electron chi connectivity index (χ3n) is 7.32. The van der Waals surface area contributed by atoms with Crippen molar-refractivity contribution in [1.82, 2.24) is 14.9 Å². The first-order chi connectivity index (χ1) is 12.7. The highest BCUT2D eigenvalue weighted by Gasteiger charge is 2.62. The van der Waals surface area contributed by atoms with Crippen LogP contribution in [-0.2, 0) is 15.0 Å². The predicted molar refractivity (Wildman–Crippen MR) is 131 cm³/mol. The van der Waals surface area contributed by atoms with Gasteiger partial charge in [0.05, 0.1) is 16.3 Å². The van der Waals surface area contributed by atoms with Crippen molar-refractivity contribution in [1.29, 1.82) is 0 Å². The maximum atomic E-state index is 13.6. The summed E-state index contributed by atoms with van der Waals surface area (Å²) in [7, 11) is 12.7. The van der Waals surface area contributed by atoms with E-state index in [-0.39, 0.29) is 11.5 Å². The van der Waals surface area contributed by atoms with Crippen LogP contribution < -0.4 is 27.5 Å². The number of carbonyl (C=O) groups excluding carboxylic acids is 2. The van der Waals surface area contributed by atoms with Crippen molar-refractivity contribution >= 4 is 94.3 Å². The highest BCUT2D eigenvalue weighted by atomic mass is 16.2. The number of hydrogen-bond donors (Lipinski definition) is 2. The standard InChI is InChI=1S/C14H21B7N4O3/c1-3-23-8-6(5(22)2-4(15)7(8)16)9(26)25(3)13(19)11(28)24-10(27)12(17,18)14(13,20)21/h2H,15-22H2,1H3,(H,24,27,28). The molecule has 1 aliphatic heterocycles. The largest absolute Gasteiger partial charge is 0.398 e. The predicted octanol–water partition coefficient (Wildman–Crippen LogP) is -8.49. The molecule has 0 spiro atoms. The van der Waals surface area contributed by atoms with Gasteiger partial charge in [0.15, 0.2) is 0 Å². The summed E-state index contributed by atoms with van der Waals surface area (Å²) < 4.78 is 1.41. The van der Waals surface area contributed by atoms with E-state index in [1.807, 2.05) is 31.4 Å². The minimum absolute atomic E-state index is 0.299. The molecule has 136 valence electrons. The molecule has 28 heavy (non-hydrogen) atoms. The molecule has 1 aromatic heterocycles. The first-order valence-electron chi connectivity index (χ1n) is 9.35. The van der Waals surface area contributed by atoms with Gasteiger partial charge < -0.3 is 5.73 Å². The number of benzene rings is 1. The number of anilines is 1. The quantitative estimate of drug-likeness (QED) is 0.295. The summed E-state index contributed by atoms with van der Waals surface area (Å²) in [6.45, 7) is 1.71. The van der Waals surface area contributed by atoms with Gasteiger partial charge in [-0.05, 0) is 18.2 Å². The first-order valence-corrected chi connectivity index (χ1v) is 9.35. The van der Waals surface area contributed by atoms with Crippen LogP contribution in [0.2, 0.25) is 10.4 Å². The number of rotatable bonds is 1. The summed E-state index contributed by atoms with van der Waals surface area (Å²) >= 11 is 0. The minimum atomic E-state index is -1.34. The molecule has 0 saturated carbocycles. The fraction of sp³-hybridized carbons (Fsp3) is 0.286. The molecule has 2 heterocycles. The third kappa shape index (κ3) is 2.26. The van der Waals surface area contributed by atoms with Gasteiger partial charge in [0.1, 0.15) is 60.7 Å². The second-order valence-corrected chi connectivity index (χ2v) is 9.04. The van der Waals surface area contributed by atoms with Crippen LogP contribution in [0, 0.1) is 6.92 Å². The summed E-state index contributed by atoms with van der Waals surface area (Å²) in [5, 5.41) is 0.980. The van der Waals surface area contributed by atoms with Gasteiger partial charge in [0, 0.05) is 5.69 Å². The van der Waals surface area contributed by atoms with E-state index < -0.39 is 21.8 Å². The van der Waals surface area contributed by atoms with Gasteiger partial charge in [0.2, 0.25) is 11.8 Å². The van der Waals surface area contributed by atoms with E-state index >= 15 is 0 Å². The van der Waals surface area contributed by atoms with Gasteiger partial charge in [0.25, 0.3) is 5.56 Å². The molecule has 1 aliphatic rings. The number of aromatic nitrogens is 2. The number of piperidine rings is 1. The Bertz CT molecular complexity index is 1130. The maximum Gasteiger partial charge on any atom is 0.263 e. The molecule has 1 unspecified atom stereocenters. The summed E-state index contributed by atoms with van der Waals surface area (Å²) in [6.07, 6.45) is 0. The second-order valence-electron chi connectivity index (χ2n) is 9.04. The van der Waals surface area contributed by atoms with Crippen molar-refractivity contribution in [2.45, 2.75) is 22.8 Å². The van der Waals surface area contributed by atoms with E-state index in [0.29, 0.717) is 22.4 Å². The molecule has 1 fully saturated rings. The lowest BCUT2D eigenvalue weighted by Crippen LogP contribution is -2.71.